The quantitative estimate of drug-likeness (QED) is 0.429. The summed E-state index contributed by atoms with van der Waals surface area (Å²) >= 11 is 0. The average molecular weight is 459 g/mol. The van der Waals surface area contributed by atoms with Crippen LogP contribution in [-0.2, 0) is 16.0 Å². The Kier molecular flexibility index (Phi) is 5.47. The van der Waals surface area contributed by atoms with Gasteiger partial charge in [0.1, 0.15) is 17.1 Å². The third kappa shape index (κ3) is 3.96. The largest absolute Gasteiger partial charge is 0.494 e. The Hall–Kier alpha value is -3.66. The molecule has 6 nitrogen and oxygen atoms in total. The molecule has 164 valence electrons. The Morgan fingerprint density at radius 1 is 0.906 bits per heavy atom. The highest BCUT2D eigenvalue weighted by Crippen LogP contribution is 2.34. The molecule has 0 fully saturated rings. The lowest BCUT2D eigenvalue weighted by molar-refractivity contribution is -0.137. The van der Waals surface area contributed by atoms with E-state index in [9.17, 15) is 21.6 Å². The number of rotatable bonds is 5. The minimum absolute atomic E-state index is 0.0909. The molecule has 0 N–H and O–H groups in total. The van der Waals surface area contributed by atoms with Gasteiger partial charge in [0.05, 0.1) is 28.7 Å². The highest BCUT2D eigenvalue weighted by Gasteiger charge is 2.31. The van der Waals surface area contributed by atoms with Crippen LogP contribution in [0.25, 0.3) is 16.9 Å². The van der Waals surface area contributed by atoms with Gasteiger partial charge in [0, 0.05) is 5.56 Å². The minimum atomic E-state index is -4.56. The lowest BCUT2D eigenvalue weighted by atomic mass is 10.2. The molecule has 0 aliphatic heterocycles. The van der Waals surface area contributed by atoms with Crippen LogP contribution in [0, 0.1) is 0 Å². The summed E-state index contributed by atoms with van der Waals surface area (Å²) in [7, 11) is -2.60. The molecular formula is C22H16F3N3O3S. The van der Waals surface area contributed by atoms with Crippen molar-refractivity contribution in [1.82, 2.24) is 15.0 Å². The minimum Gasteiger partial charge on any atom is -0.494 e. The van der Waals surface area contributed by atoms with Crippen LogP contribution >= 0.6 is 0 Å². The van der Waals surface area contributed by atoms with Crippen LogP contribution < -0.4 is 4.74 Å². The van der Waals surface area contributed by atoms with E-state index in [2.05, 4.69) is 10.3 Å². The van der Waals surface area contributed by atoms with Gasteiger partial charge in [-0.1, -0.05) is 35.5 Å². The van der Waals surface area contributed by atoms with Gasteiger partial charge in [0.2, 0.25) is 9.84 Å². The number of methoxy groups -OCH3 is 1. The Labute approximate surface area is 181 Å². The number of nitrogens with zero attached hydrogens (tertiary/aromatic N) is 3. The summed E-state index contributed by atoms with van der Waals surface area (Å²) < 4.78 is 71.7. The molecule has 0 atom stereocenters. The second-order valence-corrected chi connectivity index (χ2v) is 8.66. The van der Waals surface area contributed by atoms with Crippen molar-refractivity contribution in [2.75, 3.05) is 7.11 Å². The van der Waals surface area contributed by atoms with Gasteiger partial charge in [-0.05, 0) is 42.5 Å². The predicted molar refractivity (Wildman–Crippen MR) is 110 cm³/mol. The van der Waals surface area contributed by atoms with Crippen LogP contribution in [0.1, 0.15) is 5.56 Å². The lowest BCUT2D eigenvalue weighted by Gasteiger charge is -2.11. The normalized spacial score (nSPS) is 12.0. The van der Waals surface area contributed by atoms with Gasteiger partial charge in [-0.15, -0.1) is 5.10 Å². The number of alkyl halides is 3. The van der Waals surface area contributed by atoms with E-state index in [-0.39, 0.29) is 21.0 Å². The molecule has 0 saturated heterocycles. The third-order valence-corrected chi connectivity index (χ3v) is 6.60. The topological polar surface area (TPSA) is 74.1 Å². The van der Waals surface area contributed by atoms with Crippen molar-refractivity contribution in [3.8, 4) is 22.7 Å². The summed E-state index contributed by atoms with van der Waals surface area (Å²) in [5.74, 6) is 0.551. The number of ether oxygens (including phenoxy) is 1. The summed E-state index contributed by atoms with van der Waals surface area (Å²) in [5.41, 5.74) is 0.233. The second-order valence-electron chi connectivity index (χ2n) is 6.74. The van der Waals surface area contributed by atoms with E-state index in [1.807, 2.05) is 0 Å². The first-order valence-corrected chi connectivity index (χ1v) is 10.8. The summed E-state index contributed by atoms with van der Waals surface area (Å²) in [6.07, 6.45) is -3.00. The maximum Gasteiger partial charge on any atom is 0.416 e. The lowest BCUT2D eigenvalue weighted by Crippen LogP contribution is -2.07. The van der Waals surface area contributed by atoms with Gasteiger partial charge in [0.15, 0.2) is 0 Å². The monoisotopic (exact) mass is 459 g/mol. The molecule has 1 heterocycles. The zero-order valence-electron chi connectivity index (χ0n) is 16.6. The Bertz CT molecular complexity index is 1360. The molecule has 0 aliphatic carbocycles. The zero-order chi connectivity index (χ0) is 22.9. The van der Waals surface area contributed by atoms with Gasteiger partial charge < -0.3 is 4.74 Å². The van der Waals surface area contributed by atoms with Crippen molar-refractivity contribution < 1.29 is 26.3 Å². The molecule has 0 unspecified atom stereocenters. The van der Waals surface area contributed by atoms with E-state index in [1.54, 1.807) is 42.6 Å². The number of hydrogen-bond donors (Lipinski definition) is 0. The highest BCUT2D eigenvalue weighted by molar-refractivity contribution is 7.91. The van der Waals surface area contributed by atoms with Crippen molar-refractivity contribution in [2.45, 2.75) is 16.0 Å². The number of halogens is 3. The van der Waals surface area contributed by atoms with Gasteiger partial charge in [-0.25, -0.2) is 13.1 Å². The van der Waals surface area contributed by atoms with Gasteiger partial charge in [-0.2, -0.15) is 13.2 Å². The van der Waals surface area contributed by atoms with Crippen molar-refractivity contribution in [3.63, 3.8) is 0 Å². The molecule has 0 amide bonds. The molecule has 0 radical (unpaired) electrons. The molecule has 1 aromatic heterocycles. The number of para-hydroxylation sites is 2. The van der Waals surface area contributed by atoms with Crippen LogP contribution in [-0.4, -0.2) is 30.5 Å². The fourth-order valence-corrected chi connectivity index (χ4v) is 4.65. The van der Waals surface area contributed by atoms with Crippen molar-refractivity contribution in [3.05, 3.63) is 84.6 Å². The third-order valence-electron chi connectivity index (χ3n) is 4.77. The van der Waals surface area contributed by atoms with Gasteiger partial charge in [-0.3, -0.25) is 0 Å². The number of sulfone groups is 1. The number of benzene rings is 3. The van der Waals surface area contributed by atoms with Crippen molar-refractivity contribution >= 4 is 9.84 Å². The molecule has 0 bridgehead atoms. The van der Waals surface area contributed by atoms with E-state index < -0.39 is 21.6 Å². The molecule has 4 rings (SSSR count). The molecule has 10 heteroatoms. The highest BCUT2D eigenvalue weighted by atomic mass is 32.2. The van der Waals surface area contributed by atoms with Crippen LogP contribution in [0.5, 0.6) is 5.75 Å². The summed E-state index contributed by atoms with van der Waals surface area (Å²) in [6.45, 7) is 0. The van der Waals surface area contributed by atoms with Crippen LogP contribution in [0.15, 0.2) is 88.8 Å². The summed E-state index contributed by atoms with van der Waals surface area (Å²) in [4.78, 5) is -0.345. The average Bonchev–Trinajstić information content (AvgIpc) is 3.28. The Morgan fingerprint density at radius 2 is 1.56 bits per heavy atom. The van der Waals surface area contributed by atoms with Crippen molar-refractivity contribution in [2.24, 2.45) is 0 Å². The van der Waals surface area contributed by atoms with Crippen LogP contribution in [0.2, 0.25) is 0 Å². The van der Waals surface area contributed by atoms with Crippen molar-refractivity contribution in [1.29, 1.82) is 0 Å². The SMILES string of the molecule is COc1ccccc1-n1cc(-c2ccccc2S(=O)(=O)c2ccc(C(F)(F)F)cc2)nn1. The molecule has 0 aliphatic rings. The molecule has 0 saturated carbocycles. The number of hydrogen-bond acceptors (Lipinski definition) is 5. The first-order chi connectivity index (χ1) is 15.2. The van der Waals surface area contributed by atoms with E-state index in [4.69, 9.17) is 4.74 Å². The fraction of sp³-hybridized carbons (Fsp3) is 0.0909. The summed E-state index contributed by atoms with van der Waals surface area (Å²) in [5, 5.41) is 8.17. The van der Waals surface area contributed by atoms with Gasteiger partial charge in [0.25, 0.3) is 0 Å². The number of aromatic nitrogens is 3. The fourth-order valence-electron chi connectivity index (χ4n) is 3.19. The molecule has 3 aromatic carbocycles. The zero-order valence-corrected chi connectivity index (χ0v) is 17.4. The first-order valence-electron chi connectivity index (χ1n) is 9.29. The maximum absolute atomic E-state index is 13.2. The van der Waals surface area contributed by atoms with E-state index >= 15 is 0 Å². The molecular weight excluding hydrogens is 443 g/mol. The van der Waals surface area contributed by atoms with E-state index in [0.29, 0.717) is 11.4 Å². The predicted octanol–water partition coefficient (Wildman–Crippen LogP) is 4.79. The van der Waals surface area contributed by atoms with Crippen LogP contribution in [0.3, 0.4) is 0 Å². The smallest absolute Gasteiger partial charge is 0.416 e. The second kappa shape index (κ2) is 8.12. The van der Waals surface area contributed by atoms with E-state index in [0.717, 1.165) is 24.3 Å². The molecule has 32 heavy (non-hydrogen) atoms. The molecule has 4 aromatic rings. The summed E-state index contributed by atoms with van der Waals surface area (Å²) in [6, 6.07) is 16.6. The van der Waals surface area contributed by atoms with Crippen LogP contribution in [0.4, 0.5) is 13.2 Å². The maximum atomic E-state index is 13.2. The standard InChI is InChI=1S/C22H16F3N3O3S/c1-31-20-8-4-3-7-19(20)28-14-18(26-27-28)17-6-2-5-9-21(17)32(29,30)16-12-10-15(11-13-16)22(23,24)25/h2-14H,1H3. The first kappa shape index (κ1) is 21.6. The van der Waals surface area contributed by atoms with E-state index in [1.165, 1.54) is 23.9 Å². The Balaban J connectivity index is 1.76. The molecule has 0 spiro atoms. The Morgan fingerprint density at radius 3 is 2.25 bits per heavy atom. The van der Waals surface area contributed by atoms with Gasteiger partial charge >= 0.3 is 6.18 Å².